The zero-order chi connectivity index (χ0) is 6.62. The summed E-state index contributed by atoms with van der Waals surface area (Å²) in [5.41, 5.74) is 0.231. The summed E-state index contributed by atoms with van der Waals surface area (Å²) in [5, 5.41) is 0. The zero-order valence-corrected chi connectivity index (χ0v) is 7.07. The summed E-state index contributed by atoms with van der Waals surface area (Å²) < 4.78 is 0. The molecule has 0 fully saturated rings. The molecular formula is C8H15Li. The fourth-order valence-corrected chi connectivity index (χ4v) is 0.609. The third-order valence-corrected chi connectivity index (χ3v) is 1.26. The first-order valence-electron chi connectivity index (χ1n) is 3.10. The van der Waals surface area contributed by atoms with Gasteiger partial charge in [-0.3, -0.25) is 0 Å². The Balaban J connectivity index is 0. The molecule has 0 saturated heterocycles. The molecule has 0 aliphatic carbocycles. The van der Waals surface area contributed by atoms with Gasteiger partial charge in [-0.05, 0) is 0 Å². The van der Waals surface area contributed by atoms with Crippen LogP contribution in [0.15, 0.2) is 12.7 Å². The molecule has 0 radical (unpaired) electrons. The largest absolute Gasteiger partial charge is 1.00 e. The van der Waals surface area contributed by atoms with E-state index in [4.69, 9.17) is 0 Å². The Bertz CT molecular complexity index is 74.6. The molecule has 0 saturated carbocycles. The molecule has 0 N–H and O–H groups in total. The quantitative estimate of drug-likeness (QED) is 0.274. The SMILES string of the molecule is C=CC(C)(C)[CH-]CC.[Li+]. The van der Waals surface area contributed by atoms with Crippen molar-refractivity contribution in [2.75, 3.05) is 0 Å². The predicted octanol–water partition coefficient (Wildman–Crippen LogP) is -0.183. The number of hydrogen-bond donors (Lipinski definition) is 0. The maximum absolute atomic E-state index is 3.72. The minimum absolute atomic E-state index is 0. The van der Waals surface area contributed by atoms with Gasteiger partial charge in [-0.25, -0.2) is 0 Å². The number of allylic oxidation sites excluding steroid dienone is 1. The van der Waals surface area contributed by atoms with Crippen LogP contribution in [0.3, 0.4) is 0 Å². The second kappa shape index (κ2) is 5.15. The molecule has 0 aromatic carbocycles. The Morgan fingerprint density at radius 2 is 2.00 bits per heavy atom. The maximum atomic E-state index is 3.72. The molecule has 0 bridgehead atoms. The Kier molecular flexibility index (Phi) is 6.90. The van der Waals surface area contributed by atoms with E-state index in [1.807, 2.05) is 6.08 Å². The molecule has 0 unspecified atom stereocenters. The summed E-state index contributed by atoms with van der Waals surface area (Å²) in [6, 6.07) is 0. The van der Waals surface area contributed by atoms with Crippen molar-refractivity contribution in [2.45, 2.75) is 27.2 Å². The van der Waals surface area contributed by atoms with Gasteiger partial charge in [-0.2, -0.15) is 6.42 Å². The summed E-state index contributed by atoms with van der Waals surface area (Å²) in [6.45, 7) is 10.2. The molecule has 9 heavy (non-hydrogen) atoms. The first-order valence-corrected chi connectivity index (χ1v) is 3.10. The average Bonchev–Trinajstić information content (AvgIpc) is 1.67. The van der Waals surface area contributed by atoms with Crippen molar-refractivity contribution < 1.29 is 18.9 Å². The van der Waals surface area contributed by atoms with E-state index in [2.05, 4.69) is 33.8 Å². The fourth-order valence-electron chi connectivity index (χ4n) is 0.609. The minimum Gasteiger partial charge on any atom is -0.319 e. The molecule has 0 aliphatic rings. The predicted molar refractivity (Wildman–Crippen MR) is 38.6 cm³/mol. The van der Waals surface area contributed by atoms with Crippen molar-refractivity contribution >= 4 is 0 Å². The van der Waals surface area contributed by atoms with Gasteiger partial charge in [-0.15, -0.1) is 18.1 Å². The van der Waals surface area contributed by atoms with Crippen LogP contribution in [0, 0.1) is 11.8 Å². The van der Waals surface area contributed by atoms with Crippen LogP contribution < -0.4 is 18.9 Å². The molecule has 0 nitrogen and oxygen atoms in total. The Hall–Kier alpha value is 0.337. The van der Waals surface area contributed by atoms with Crippen LogP contribution in [0.5, 0.6) is 0 Å². The van der Waals surface area contributed by atoms with Crippen LogP contribution in [0.4, 0.5) is 0 Å². The topological polar surface area (TPSA) is 0 Å². The van der Waals surface area contributed by atoms with Gasteiger partial charge in [0.05, 0.1) is 0 Å². The van der Waals surface area contributed by atoms with Gasteiger partial charge in [-0.1, -0.05) is 20.8 Å². The van der Waals surface area contributed by atoms with E-state index < -0.39 is 0 Å². The van der Waals surface area contributed by atoms with E-state index in [1.165, 1.54) is 0 Å². The molecule has 0 aromatic heterocycles. The van der Waals surface area contributed by atoms with Crippen LogP contribution in [0.2, 0.25) is 0 Å². The number of rotatable bonds is 3. The van der Waals surface area contributed by atoms with Crippen molar-refractivity contribution in [3.8, 4) is 0 Å². The monoisotopic (exact) mass is 118 g/mol. The molecule has 1 heteroatoms. The second-order valence-corrected chi connectivity index (χ2v) is 2.64. The smallest absolute Gasteiger partial charge is 0.319 e. The summed E-state index contributed by atoms with van der Waals surface area (Å²) in [4.78, 5) is 0. The Morgan fingerprint density at radius 3 is 2.11 bits per heavy atom. The van der Waals surface area contributed by atoms with E-state index in [-0.39, 0.29) is 24.3 Å². The molecule has 0 aliphatic heterocycles. The van der Waals surface area contributed by atoms with E-state index in [9.17, 15) is 0 Å². The summed E-state index contributed by atoms with van der Waals surface area (Å²) >= 11 is 0. The Morgan fingerprint density at radius 1 is 1.56 bits per heavy atom. The van der Waals surface area contributed by atoms with E-state index >= 15 is 0 Å². The van der Waals surface area contributed by atoms with Gasteiger partial charge < -0.3 is 6.42 Å². The molecule has 48 valence electrons. The van der Waals surface area contributed by atoms with Gasteiger partial charge >= 0.3 is 18.9 Å². The average molecular weight is 118 g/mol. The van der Waals surface area contributed by atoms with Gasteiger partial charge in [0.1, 0.15) is 0 Å². The van der Waals surface area contributed by atoms with Crippen LogP contribution >= 0.6 is 0 Å². The molecule has 0 atom stereocenters. The van der Waals surface area contributed by atoms with Gasteiger partial charge in [0.15, 0.2) is 0 Å². The second-order valence-electron chi connectivity index (χ2n) is 2.64. The molecule has 0 amide bonds. The molecular weight excluding hydrogens is 103 g/mol. The fraction of sp³-hybridized carbons (Fsp3) is 0.625. The van der Waals surface area contributed by atoms with Gasteiger partial charge in [0.25, 0.3) is 0 Å². The summed E-state index contributed by atoms with van der Waals surface area (Å²) in [5.74, 6) is 0. The van der Waals surface area contributed by atoms with E-state index in [0.717, 1.165) is 6.42 Å². The van der Waals surface area contributed by atoms with Crippen LogP contribution in [-0.2, 0) is 0 Å². The van der Waals surface area contributed by atoms with E-state index in [1.54, 1.807) is 0 Å². The van der Waals surface area contributed by atoms with Crippen molar-refractivity contribution in [3.05, 3.63) is 19.1 Å². The molecule has 0 heterocycles. The van der Waals surface area contributed by atoms with Crippen LogP contribution in [0.1, 0.15) is 27.2 Å². The molecule has 0 spiro atoms. The first-order chi connectivity index (χ1) is 3.62. The van der Waals surface area contributed by atoms with Crippen molar-refractivity contribution in [1.29, 1.82) is 0 Å². The zero-order valence-electron chi connectivity index (χ0n) is 7.07. The molecule has 0 rings (SSSR count). The number of hydrogen-bond acceptors (Lipinski definition) is 0. The first kappa shape index (κ1) is 12.1. The third-order valence-electron chi connectivity index (χ3n) is 1.26. The van der Waals surface area contributed by atoms with Gasteiger partial charge in [0.2, 0.25) is 0 Å². The minimum atomic E-state index is 0. The van der Waals surface area contributed by atoms with Crippen molar-refractivity contribution in [2.24, 2.45) is 5.41 Å². The Labute approximate surface area is 70.9 Å². The van der Waals surface area contributed by atoms with Crippen LogP contribution in [-0.4, -0.2) is 0 Å². The van der Waals surface area contributed by atoms with E-state index in [0.29, 0.717) is 0 Å². The summed E-state index contributed by atoms with van der Waals surface area (Å²) in [6.07, 6.45) is 5.34. The van der Waals surface area contributed by atoms with Crippen LogP contribution in [0.25, 0.3) is 0 Å². The van der Waals surface area contributed by atoms with Crippen molar-refractivity contribution in [1.82, 2.24) is 0 Å². The molecule has 0 aromatic rings. The van der Waals surface area contributed by atoms with Gasteiger partial charge in [0, 0.05) is 0 Å². The normalized spacial score (nSPS) is 10.1. The maximum Gasteiger partial charge on any atom is 1.00 e. The summed E-state index contributed by atoms with van der Waals surface area (Å²) in [7, 11) is 0. The standard InChI is InChI=1S/C8H15.Li/c1-5-7-8(3,4)6-2;/h6-7H,2,5H2,1,3-4H3;/q-1;+1. The third kappa shape index (κ3) is 6.22. The van der Waals surface area contributed by atoms with Crippen molar-refractivity contribution in [3.63, 3.8) is 0 Å².